The molecule has 0 spiro atoms. The Kier molecular flexibility index (Phi) is 21.2. The number of aliphatic hydroxyl groups is 4. The number of hydrogen-bond acceptors (Lipinski definition) is 14. The van der Waals surface area contributed by atoms with E-state index in [0.29, 0.717) is 124 Å². The third kappa shape index (κ3) is 13.3. The fourth-order valence-electron chi connectivity index (χ4n) is 27.8. The van der Waals surface area contributed by atoms with Crippen molar-refractivity contribution in [2.24, 2.45) is 86.3 Å². The van der Waals surface area contributed by atoms with Crippen molar-refractivity contribution >= 4 is 22.0 Å². The van der Waals surface area contributed by atoms with Gasteiger partial charge in [0.15, 0.2) is 0 Å². The molecule has 0 amide bonds. The number of carbonyl (C=O) groups is 2. The molecule has 574 valence electrons. The number of aryl methyl sites for hydroxylation is 5. The molecule has 15 aliphatic carbocycles. The summed E-state index contributed by atoms with van der Waals surface area (Å²) >= 11 is 0. The first-order chi connectivity index (χ1) is 51.0. The van der Waals surface area contributed by atoms with Crippen LogP contribution in [0.4, 0.5) is 0 Å². The van der Waals surface area contributed by atoms with Crippen molar-refractivity contribution in [2.75, 3.05) is 0 Å². The molecule has 5 aromatic carbocycles. The summed E-state index contributed by atoms with van der Waals surface area (Å²) < 4.78 is 36.8. The van der Waals surface area contributed by atoms with Crippen molar-refractivity contribution in [3.63, 3.8) is 0 Å². The number of phenols is 4. The minimum absolute atomic E-state index is 0. The molecule has 10 fully saturated rings. The number of aromatic hydroxyl groups is 4. The van der Waals surface area contributed by atoms with Crippen LogP contribution >= 0.6 is 0 Å². The first-order valence-electron chi connectivity index (χ1n) is 41.3. The minimum Gasteiger partial charge on any atom is -0.716 e. The Labute approximate surface area is 662 Å². The Morgan fingerprint density at radius 2 is 0.796 bits per heavy atom. The second kappa shape index (κ2) is 29.3. The number of rotatable bonds is 2. The van der Waals surface area contributed by atoms with Gasteiger partial charge in [-0.3, -0.25) is 9.59 Å². The van der Waals surface area contributed by atoms with Gasteiger partial charge in [-0.15, -0.1) is 6.42 Å². The van der Waals surface area contributed by atoms with E-state index in [1.807, 2.05) is 48.5 Å². The SMILES string of the molecule is C#C[C@]1(O)CC[C@H]2[C@@H]3CCc4cc(O)ccc4[C@H]3CC[C@@]21C.C[C@]12CC[C@@H]3c4ccc(O)cc4CC[C@H]3[C@@H]1CCC2=O.C[C@]12CC[C@@H]3c4ccc(O)cc4CC[C@H]3[C@@H]1CC[C@@H]2O.C[C@]12CC[C@@H]3c4ccc(O)cc4CC[C@H]3[C@@H]1C[C@@H](O)[C@@H]2O.C[C@]12CC[C@@H]3c4ccc(OS(=O)(=O)[O-])cc4CC[C@H]3[C@@H]1CCC2=O.[Na+]. The molecule has 0 bridgehead atoms. The van der Waals surface area contributed by atoms with E-state index in [9.17, 15) is 63.4 Å². The van der Waals surface area contributed by atoms with Crippen LogP contribution in [-0.4, -0.2) is 89.3 Å². The number of terminal acetylenes is 1. The van der Waals surface area contributed by atoms with E-state index in [2.05, 4.69) is 69.0 Å². The summed E-state index contributed by atoms with van der Waals surface area (Å²) in [6, 6.07) is 28.7. The van der Waals surface area contributed by atoms with Crippen molar-refractivity contribution in [1.29, 1.82) is 0 Å². The van der Waals surface area contributed by atoms with E-state index in [0.717, 1.165) is 166 Å². The van der Waals surface area contributed by atoms with Crippen molar-refractivity contribution in [1.82, 2.24) is 0 Å². The van der Waals surface area contributed by atoms with Crippen LogP contribution in [0.1, 0.15) is 274 Å². The number of carbonyl (C=O) groups excluding carboxylic acids is 2. The van der Waals surface area contributed by atoms with Crippen LogP contribution in [0.2, 0.25) is 0 Å². The zero-order valence-electron chi connectivity index (χ0n) is 64.6. The molecule has 5 aromatic rings. The molecule has 24 atom stereocenters. The topological polar surface area (TPSA) is 262 Å². The largest absolute Gasteiger partial charge is 1.00 e. The Morgan fingerprint density at radius 3 is 1.22 bits per heavy atom. The van der Waals surface area contributed by atoms with Gasteiger partial charge in [0, 0.05) is 29.1 Å². The zero-order valence-corrected chi connectivity index (χ0v) is 67.4. The fourth-order valence-corrected chi connectivity index (χ4v) is 28.1. The molecule has 0 aromatic heterocycles. The first kappa shape index (κ1) is 78.0. The Balaban J connectivity index is 0.000000108. The van der Waals surface area contributed by atoms with Crippen LogP contribution in [0.15, 0.2) is 91.0 Å². The number of aliphatic hydroxyl groups excluding tert-OH is 3. The monoisotopic (exact) mass is 1500 g/mol. The molecule has 16 heteroatoms. The molecule has 0 radical (unpaired) electrons. The maximum absolute atomic E-state index is 12.3. The van der Waals surface area contributed by atoms with Crippen molar-refractivity contribution < 1.29 is 97.2 Å². The Hall–Kier alpha value is -5.25. The molecule has 20 rings (SSSR count). The predicted octanol–water partition coefficient (Wildman–Crippen LogP) is 13.6. The number of phenolic OH excluding ortho intramolecular Hbond substituents is 4. The molecular weight excluding hydrogens is 1380 g/mol. The van der Waals surface area contributed by atoms with E-state index in [1.54, 1.807) is 18.2 Å². The summed E-state index contributed by atoms with van der Waals surface area (Å²) in [5, 5.41) is 80.5. The number of benzene rings is 5. The molecule has 8 N–H and O–H groups in total. The van der Waals surface area contributed by atoms with E-state index in [1.165, 1.54) is 75.8 Å². The van der Waals surface area contributed by atoms with Crippen molar-refractivity contribution in [3.8, 4) is 41.1 Å². The van der Waals surface area contributed by atoms with Gasteiger partial charge < -0.3 is 49.6 Å². The molecule has 108 heavy (non-hydrogen) atoms. The average molecular weight is 1500 g/mol. The van der Waals surface area contributed by atoms with Crippen LogP contribution < -0.4 is 33.7 Å². The normalized spacial score (nSPS) is 40.4. The van der Waals surface area contributed by atoms with Gasteiger partial charge in [0.05, 0.1) is 18.3 Å². The predicted molar refractivity (Wildman–Crippen MR) is 409 cm³/mol. The van der Waals surface area contributed by atoms with Gasteiger partial charge in [0.2, 0.25) is 0 Å². The van der Waals surface area contributed by atoms with Crippen LogP contribution in [0.3, 0.4) is 0 Å². The zero-order chi connectivity index (χ0) is 75.2. The molecule has 0 heterocycles. The molecular formula is C92H115NaO14S. The van der Waals surface area contributed by atoms with E-state index in [4.69, 9.17) is 6.42 Å². The summed E-state index contributed by atoms with van der Waals surface area (Å²) in [6.07, 6.45) is 34.2. The average Bonchev–Trinajstić information content (AvgIpc) is 1.57. The van der Waals surface area contributed by atoms with E-state index < -0.39 is 28.2 Å². The summed E-state index contributed by atoms with van der Waals surface area (Å²) in [4.78, 5) is 24.6. The summed E-state index contributed by atoms with van der Waals surface area (Å²) in [5.41, 5.74) is 12.2. The van der Waals surface area contributed by atoms with Crippen molar-refractivity contribution in [3.05, 3.63) is 147 Å². The van der Waals surface area contributed by atoms with Crippen LogP contribution in [-0.2, 0) is 52.1 Å². The van der Waals surface area contributed by atoms with Gasteiger partial charge in [-0.1, -0.05) is 70.9 Å². The Morgan fingerprint density at radius 1 is 0.426 bits per heavy atom. The van der Waals surface area contributed by atoms with Gasteiger partial charge in [0.1, 0.15) is 45.9 Å². The maximum Gasteiger partial charge on any atom is 1.00 e. The summed E-state index contributed by atoms with van der Waals surface area (Å²) in [5.74, 6) is 13.9. The van der Waals surface area contributed by atoms with Gasteiger partial charge >= 0.3 is 29.6 Å². The molecule has 15 aliphatic rings. The minimum atomic E-state index is -4.74. The van der Waals surface area contributed by atoms with Gasteiger partial charge in [-0.25, -0.2) is 8.42 Å². The first-order valence-corrected chi connectivity index (χ1v) is 42.7. The number of hydrogen-bond donors (Lipinski definition) is 8. The van der Waals surface area contributed by atoms with Gasteiger partial charge in [0.25, 0.3) is 10.4 Å². The smallest absolute Gasteiger partial charge is 0.716 e. The molecule has 14 nitrogen and oxygen atoms in total. The standard InChI is InChI=1S/C20H24O2.C18H22O5S.C18H24O3.C18H24O2.C18H22O2.Na/c1-3-20(22)11-9-18-17-6-4-13-12-14(21)5-7-15(13)16(17)8-10-19(18,20)2;1-18-9-8-14-13-5-3-12(23-24(20,21)22)10-11(13)2-4-15(14)16(18)6-7-17(18)19;1-18-7-6-13-12-5-3-11(19)8-10(12)2-4-14(13)15(18)9-16(20)17(18)21;2*1-18-9-8-14-13-5-3-12(19)10-11(13)2-4-15(14)16(18)6-7-17(18)20;/h1,5,7,12,16-18,21-22H,4,6,8-11H2,2H3;3,5,10,14-16H,2,4,6-9H2,1H3,(H,20,21,22);3,5,8,13-17,19-21H,2,4,6-7,9H2,1H3;3,5,10,14-17,19-20H,2,4,6-9H2,1H3;3,5,10,14-16,19H,2,4,6-9H2,1H3;/q;;;;;+1/p-1/t16-,17-,18+,19+,20+;14-,15-,16+,18+;13-,14-,15+,16-,17+,18+;14-,15-,16+,17+,18+;14-,15-,16+,18+;/m11111./s1. The number of Topliss-reactive ketones (excluding diaryl/α,β-unsaturated/α-hetero) is 2. The third-order valence-electron chi connectivity index (χ3n) is 33.5. The Bertz CT molecular complexity index is 4430. The van der Waals surface area contributed by atoms with Gasteiger partial charge in [-0.05, 0) is 389 Å². The fraction of sp³-hybridized carbons (Fsp3) is 0.630. The quantitative estimate of drug-likeness (QED) is 0.0354. The molecule has 10 saturated carbocycles. The maximum atomic E-state index is 12.3. The van der Waals surface area contributed by atoms with Crippen LogP contribution in [0.25, 0.3) is 0 Å². The van der Waals surface area contributed by atoms with Crippen LogP contribution in [0, 0.1) is 98.6 Å². The van der Waals surface area contributed by atoms with Gasteiger partial charge in [-0.2, -0.15) is 0 Å². The molecule has 0 saturated heterocycles. The number of fused-ring (bicyclic) bond motifs is 25. The molecule has 0 unspecified atom stereocenters. The van der Waals surface area contributed by atoms with Crippen LogP contribution in [0.5, 0.6) is 28.7 Å². The van der Waals surface area contributed by atoms with E-state index >= 15 is 0 Å². The second-order valence-corrected chi connectivity index (χ2v) is 38.7. The summed E-state index contributed by atoms with van der Waals surface area (Å²) in [6.45, 7) is 11.1. The second-order valence-electron chi connectivity index (χ2n) is 37.7. The van der Waals surface area contributed by atoms with Crippen molar-refractivity contribution in [2.45, 2.75) is 274 Å². The van der Waals surface area contributed by atoms with E-state index in [-0.39, 0.29) is 68.5 Å². The summed E-state index contributed by atoms with van der Waals surface area (Å²) in [7, 11) is -4.74. The molecule has 0 aliphatic heterocycles. The number of ketones is 2. The third-order valence-corrected chi connectivity index (χ3v) is 33.9.